The largest absolute Gasteiger partial charge is 0.726 e. The molecule has 0 rings (SSSR count). The van der Waals surface area contributed by atoms with E-state index in [0.717, 1.165) is 0 Å². The topological polar surface area (TPSA) is 114 Å². The molecule has 0 amide bonds. The summed E-state index contributed by atoms with van der Waals surface area (Å²) in [6, 6.07) is 0. The van der Waals surface area contributed by atoms with Crippen LogP contribution in [0.2, 0.25) is 0 Å². The minimum Gasteiger partial charge on any atom is -0.726 e. The van der Waals surface area contributed by atoms with Gasteiger partial charge in [0.15, 0.2) is 0 Å². The average molecular weight is 230 g/mol. The first-order valence-electron chi connectivity index (χ1n) is 0.683. The zero-order valence-corrected chi connectivity index (χ0v) is 7.77. The maximum atomic E-state index is 8.63. The van der Waals surface area contributed by atoms with Crippen molar-refractivity contribution >= 4 is 36.2 Å². The molecule has 7 heteroatoms. The van der Waals surface area contributed by atoms with Crippen LogP contribution < -0.4 is 6.15 Å². The monoisotopic (exact) mass is 230 g/mol. The van der Waals surface area contributed by atoms with Crippen molar-refractivity contribution in [2.45, 2.75) is 0 Å². The van der Waals surface area contributed by atoms with Gasteiger partial charge in [-0.2, -0.15) is 0 Å². The van der Waals surface area contributed by atoms with Crippen LogP contribution in [0, 0.1) is 0 Å². The Bertz CT molecular complexity index is 94.9. The maximum absolute atomic E-state index is 8.63. The van der Waals surface area contributed by atoms with Crippen LogP contribution in [0.3, 0.4) is 0 Å². The second-order valence-corrected chi connectivity index (χ2v) is 1.28. The van der Waals surface area contributed by atoms with Crippen LogP contribution in [-0.4, -0.2) is 43.4 Å². The molecule has 0 atom stereocenters. The van der Waals surface area contributed by atoms with Gasteiger partial charge in [0, 0.05) is 25.8 Å². The zero-order chi connectivity index (χ0) is 4.50. The van der Waals surface area contributed by atoms with Crippen LogP contribution in [0.4, 0.5) is 0 Å². The van der Waals surface area contributed by atoms with Crippen molar-refractivity contribution < 1.29 is 17.5 Å². The minimum absolute atomic E-state index is 0. The summed E-state index contributed by atoms with van der Waals surface area (Å²) in [6.07, 6.45) is 0. The second kappa shape index (κ2) is 4.85. The van der Waals surface area contributed by atoms with Crippen molar-refractivity contribution in [1.82, 2.24) is 6.15 Å². The number of hydrogen-bond donors (Lipinski definition) is 2. The zero-order valence-electron chi connectivity index (χ0n) is 3.66. The van der Waals surface area contributed by atoms with Gasteiger partial charge >= 0.3 is 0 Å². The van der Waals surface area contributed by atoms with Crippen molar-refractivity contribution in [3.05, 3.63) is 0 Å². The van der Waals surface area contributed by atoms with E-state index in [1.165, 1.54) is 0 Å². The SMILES string of the molecule is O=S(=O)([O-])O.[In].[NH4+]. The Morgan fingerprint density at radius 3 is 1.43 bits per heavy atom. The van der Waals surface area contributed by atoms with E-state index < -0.39 is 10.4 Å². The van der Waals surface area contributed by atoms with Gasteiger partial charge in [0.1, 0.15) is 0 Å². The molecule has 43 valence electrons. The summed E-state index contributed by atoms with van der Waals surface area (Å²) in [6.45, 7) is 0. The van der Waals surface area contributed by atoms with Gasteiger partial charge in [-0.1, -0.05) is 0 Å². The fourth-order valence-electron chi connectivity index (χ4n) is 0. The summed E-state index contributed by atoms with van der Waals surface area (Å²) in [5.41, 5.74) is 0. The first-order chi connectivity index (χ1) is 2.00. The third-order valence-electron chi connectivity index (χ3n) is 0. The third-order valence-corrected chi connectivity index (χ3v) is 0. The molecule has 0 fully saturated rings. The normalized spacial score (nSPS) is 8.29. The van der Waals surface area contributed by atoms with Gasteiger partial charge in [-0.15, -0.1) is 0 Å². The van der Waals surface area contributed by atoms with E-state index in [4.69, 9.17) is 17.5 Å². The van der Waals surface area contributed by atoms with Gasteiger partial charge in [-0.3, -0.25) is 4.55 Å². The Morgan fingerprint density at radius 1 is 1.43 bits per heavy atom. The summed E-state index contributed by atoms with van der Waals surface area (Å²) in [4.78, 5) is 0. The molecule has 3 radical (unpaired) electrons. The number of quaternary nitrogens is 1. The van der Waals surface area contributed by atoms with Crippen molar-refractivity contribution in [1.29, 1.82) is 0 Å². The van der Waals surface area contributed by atoms with Crippen molar-refractivity contribution in [2.24, 2.45) is 0 Å². The number of rotatable bonds is 0. The smallest absolute Gasteiger partial charge is 0.215 e. The van der Waals surface area contributed by atoms with Gasteiger partial charge in [0.25, 0.3) is 0 Å². The molecule has 0 spiro atoms. The van der Waals surface area contributed by atoms with Gasteiger partial charge in [0.05, 0.1) is 0 Å². The van der Waals surface area contributed by atoms with Gasteiger partial charge in [-0.05, 0) is 0 Å². The first-order valence-corrected chi connectivity index (χ1v) is 2.05. The molecule has 0 aliphatic rings. The van der Waals surface area contributed by atoms with Crippen LogP contribution >= 0.6 is 0 Å². The Kier molecular flexibility index (Phi) is 10.8. The molecule has 0 aliphatic carbocycles. The van der Waals surface area contributed by atoms with Crippen LogP contribution in [0.15, 0.2) is 0 Å². The van der Waals surface area contributed by atoms with Crippen LogP contribution in [0.25, 0.3) is 0 Å². The molecule has 0 aromatic carbocycles. The minimum atomic E-state index is -4.92. The average Bonchev–Trinajstić information content (AvgIpc) is 0.722. The standard InChI is InChI=1S/In.H3N.H2O4S/c;;1-5(2,3)4/h;1H3;(H2,1,2,3,4). The quantitative estimate of drug-likeness (QED) is 0.410. The first kappa shape index (κ1) is 15.6. The van der Waals surface area contributed by atoms with E-state index in [1.54, 1.807) is 0 Å². The maximum Gasteiger partial charge on any atom is 0.215 e. The Balaban J connectivity index is -0.0000000800. The van der Waals surface area contributed by atoms with Gasteiger partial charge < -0.3 is 10.7 Å². The van der Waals surface area contributed by atoms with E-state index in [0.29, 0.717) is 0 Å². The summed E-state index contributed by atoms with van der Waals surface area (Å²) in [5.74, 6) is 0. The van der Waals surface area contributed by atoms with E-state index >= 15 is 0 Å². The Hall–Kier alpha value is 0.700. The number of hydrogen-bond acceptors (Lipinski definition) is 3. The van der Waals surface area contributed by atoms with Crippen molar-refractivity contribution in [2.75, 3.05) is 0 Å². The molecule has 0 saturated carbocycles. The summed E-state index contributed by atoms with van der Waals surface area (Å²) in [7, 11) is -4.92. The molecule has 7 heavy (non-hydrogen) atoms. The molecule has 0 heterocycles. The van der Waals surface area contributed by atoms with E-state index in [1.807, 2.05) is 0 Å². The molecule has 0 bridgehead atoms. The van der Waals surface area contributed by atoms with Gasteiger partial charge in [0.2, 0.25) is 10.4 Å². The van der Waals surface area contributed by atoms with Gasteiger partial charge in [-0.25, -0.2) is 8.42 Å². The van der Waals surface area contributed by atoms with Crippen molar-refractivity contribution in [3.8, 4) is 0 Å². The molecule has 0 aromatic rings. The fourth-order valence-corrected chi connectivity index (χ4v) is 0. The van der Waals surface area contributed by atoms with E-state index in [9.17, 15) is 0 Å². The third kappa shape index (κ3) is 302. The summed E-state index contributed by atoms with van der Waals surface area (Å²) in [5, 5.41) is 0. The molecule has 5 nitrogen and oxygen atoms in total. The molecular formula is H5InNO4S. The fraction of sp³-hybridized carbons (Fsp3) is 0. The molecular weight excluding hydrogens is 225 g/mol. The second-order valence-electron chi connectivity index (χ2n) is 0.428. The summed E-state index contributed by atoms with van der Waals surface area (Å²) < 4.78 is 32.8. The predicted molar refractivity (Wildman–Crippen MR) is 24.1 cm³/mol. The molecule has 0 aliphatic heterocycles. The molecule has 5 N–H and O–H groups in total. The molecule has 0 unspecified atom stereocenters. The van der Waals surface area contributed by atoms with E-state index in [2.05, 4.69) is 0 Å². The molecule has 0 aromatic heterocycles. The van der Waals surface area contributed by atoms with Crippen molar-refractivity contribution in [3.63, 3.8) is 0 Å². The van der Waals surface area contributed by atoms with Crippen LogP contribution in [0.1, 0.15) is 0 Å². The van der Waals surface area contributed by atoms with Crippen LogP contribution in [-0.2, 0) is 10.4 Å². The van der Waals surface area contributed by atoms with Crippen LogP contribution in [0.5, 0.6) is 0 Å². The molecule has 0 saturated heterocycles. The predicted octanol–water partition coefficient (Wildman–Crippen LogP) is -1.00. The summed E-state index contributed by atoms with van der Waals surface area (Å²) >= 11 is 0. The van der Waals surface area contributed by atoms with E-state index in [-0.39, 0.29) is 32.0 Å². The Labute approximate surface area is 60.1 Å². The Morgan fingerprint density at radius 2 is 1.43 bits per heavy atom.